The molecule has 0 aromatic heterocycles. The molecule has 1 fully saturated rings. The third-order valence-electron chi connectivity index (χ3n) is 2.69. The lowest BCUT2D eigenvalue weighted by Crippen LogP contribution is -2.55. The summed E-state index contributed by atoms with van der Waals surface area (Å²) in [5, 5.41) is 11.9. The quantitative estimate of drug-likeness (QED) is 0.308. The molecule has 1 saturated heterocycles. The molecule has 0 aromatic rings. The third kappa shape index (κ3) is 5.34. The molecule has 1 heterocycles. The van der Waals surface area contributed by atoms with Crippen molar-refractivity contribution in [2.45, 2.75) is 26.3 Å². The van der Waals surface area contributed by atoms with E-state index in [1.165, 1.54) is 6.08 Å². The molecule has 1 aliphatic rings. The topological polar surface area (TPSA) is 94.4 Å². The SMILES string of the molecule is CC(C)(C)NC(=S)N1CCN(C(=N)C=C(N)N)CC1. The second-order valence-electron chi connectivity index (χ2n) is 5.68. The van der Waals surface area contributed by atoms with E-state index in [4.69, 9.17) is 29.1 Å². The molecule has 0 atom stereocenters. The minimum absolute atomic E-state index is 0.0301. The summed E-state index contributed by atoms with van der Waals surface area (Å²) in [7, 11) is 0. The molecule has 0 aliphatic carbocycles. The van der Waals surface area contributed by atoms with E-state index in [2.05, 4.69) is 31.0 Å². The molecule has 0 spiro atoms. The summed E-state index contributed by atoms with van der Waals surface area (Å²) in [4.78, 5) is 4.07. The predicted molar refractivity (Wildman–Crippen MR) is 82.8 cm³/mol. The Morgan fingerprint density at radius 3 is 2.05 bits per heavy atom. The Labute approximate surface area is 120 Å². The molecule has 19 heavy (non-hydrogen) atoms. The van der Waals surface area contributed by atoms with Crippen LogP contribution >= 0.6 is 12.2 Å². The van der Waals surface area contributed by atoms with Crippen molar-refractivity contribution in [2.24, 2.45) is 11.5 Å². The third-order valence-corrected chi connectivity index (χ3v) is 3.05. The molecule has 0 saturated carbocycles. The van der Waals surface area contributed by atoms with Crippen molar-refractivity contribution in [3.8, 4) is 0 Å². The number of hydrogen-bond acceptors (Lipinski definition) is 4. The number of hydrogen-bond donors (Lipinski definition) is 4. The zero-order valence-corrected chi connectivity index (χ0v) is 12.7. The monoisotopic (exact) mass is 284 g/mol. The number of nitrogens with two attached hydrogens (primary N) is 2. The van der Waals surface area contributed by atoms with Gasteiger partial charge in [0.1, 0.15) is 5.84 Å². The average Bonchev–Trinajstić information content (AvgIpc) is 2.26. The van der Waals surface area contributed by atoms with Crippen LogP contribution in [0.3, 0.4) is 0 Å². The van der Waals surface area contributed by atoms with Gasteiger partial charge in [-0.1, -0.05) is 0 Å². The Kier molecular flexibility index (Phi) is 4.99. The molecule has 0 bridgehead atoms. The van der Waals surface area contributed by atoms with Crippen molar-refractivity contribution in [2.75, 3.05) is 26.2 Å². The largest absolute Gasteiger partial charge is 0.386 e. The fourth-order valence-corrected chi connectivity index (χ4v) is 2.29. The van der Waals surface area contributed by atoms with Gasteiger partial charge in [0.2, 0.25) is 0 Å². The van der Waals surface area contributed by atoms with Gasteiger partial charge in [0.25, 0.3) is 0 Å². The zero-order chi connectivity index (χ0) is 14.6. The summed E-state index contributed by atoms with van der Waals surface area (Å²) < 4.78 is 0. The maximum absolute atomic E-state index is 7.85. The van der Waals surface area contributed by atoms with E-state index in [9.17, 15) is 0 Å². The van der Waals surface area contributed by atoms with E-state index in [1.54, 1.807) is 0 Å². The van der Waals surface area contributed by atoms with E-state index < -0.39 is 0 Å². The van der Waals surface area contributed by atoms with Gasteiger partial charge in [-0.25, -0.2) is 0 Å². The van der Waals surface area contributed by atoms with Crippen LogP contribution in [0.1, 0.15) is 20.8 Å². The van der Waals surface area contributed by atoms with Crippen molar-refractivity contribution in [3.63, 3.8) is 0 Å². The average molecular weight is 284 g/mol. The molecule has 0 amide bonds. The minimum atomic E-state index is -0.0301. The van der Waals surface area contributed by atoms with E-state index in [0.717, 1.165) is 31.3 Å². The van der Waals surface area contributed by atoms with Gasteiger partial charge >= 0.3 is 0 Å². The van der Waals surface area contributed by atoms with Crippen LogP contribution in [0.25, 0.3) is 0 Å². The number of piperazine rings is 1. The number of nitrogens with one attached hydrogen (secondary N) is 2. The molecule has 0 aromatic carbocycles. The lowest BCUT2D eigenvalue weighted by molar-refractivity contribution is 0.252. The van der Waals surface area contributed by atoms with Crippen LogP contribution < -0.4 is 16.8 Å². The second kappa shape index (κ2) is 6.10. The summed E-state index contributed by atoms with van der Waals surface area (Å²) in [6.45, 7) is 9.33. The highest BCUT2D eigenvalue weighted by Crippen LogP contribution is 2.06. The molecule has 6 nitrogen and oxygen atoms in total. The van der Waals surface area contributed by atoms with E-state index in [-0.39, 0.29) is 11.4 Å². The maximum atomic E-state index is 7.85. The van der Waals surface area contributed by atoms with Crippen LogP contribution in [0, 0.1) is 5.41 Å². The van der Waals surface area contributed by atoms with E-state index in [0.29, 0.717) is 5.84 Å². The molecule has 7 heteroatoms. The van der Waals surface area contributed by atoms with Crippen molar-refractivity contribution < 1.29 is 0 Å². The van der Waals surface area contributed by atoms with Crippen molar-refractivity contribution in [3.05, 3.63) is 11.9 Å². The van der Waals surface area contributed by atoms with Crippen LogP contribution in [0.5, 0.6) is 0 Å². The summed E-state index contributed by atoms with van der Waals surface area (Å²) in [5.41, 5.74) is 10.7. The highest BCUT2D eigenvalue weighted by Gasteiger charge is 2.22. The highest BCUT2D eigenvalue weighted by atomic mass is 32.1. The number of thiocarbonyl (C=S) groups is 1. The lowest BCUT2D eigenvalue weighted by Gasteiger charge is -2.38. The Morgan fingerprint density at radius 2 is 1.63 bits per heavy atom. The smallest absolute Gasteiger partial charge is 0.169 e. The Hall–Kier alpha value is -1.50. The van der Waals surface area contributed by atoms with Crippen molar-refractivity contribution >= 4 is 23.2 Å². The first-order chi connectivity index (χ1) is 8.69. The van der Waals surface area contributed by atoms with E-state index >= 15 is 0 Å². The van der Waals surface area contributed by atoms with Gasteiger partial charge in [-0.3, -0.25) is 5.41 Å². The summed E-state index contributed by atoms with van der Waals surface area (Å²) in [6, 6.07) is 0. The Balaban J connectivity index is 2.47. The van der Waals surface area contributed by atoms with Crippen molar-refractivity contribution in [1.29, 1.82) is 5.41 Å². The van der Waals surface area contributed by atoms with Gasteiger partial charge < -0.3 is 26.6 Å². The zero-order valence-electron chi connectivity index (χ0n) is 11.9. The predicted octanol–water partition coefficient (Wildman–Crippen LogP) is 0.0131. The molecular weight excluding hydrogens is 260 g/mol. The Bertz CT molecular complexity index is 372. The van der Waals surface area contributed by atoms with Gasteiger partial charge in [0.05, 0.1) is 5.82 Å². The first kappa shape index (κ1) is 15.6. The highest BCUT2D eigenvalue weighted by molar-refractivity contribution is 7.80. The summed E-state index contributed by atoms with van der Waals surface area (Å²) >= 11 is 5.39. The van der Waals surface area contributed by atoms with Gasteiger partial charge in [0, 0.05) is 37.8 Å². The van der Waals surface area contributed by atoms with E-state index in [1.807, 2.05) is 4.90 Å². The fourth-order valence-electron chi connectivity index (χ4n) is 1.80. The first-order valence-corrected chi connectivity index (χ1v) is 6.73. The lowest BCUT2D eigenvalue weighted by atomic mass is 10.1. The molecule has 1 rings (SSSR count). The van der Waals surface area contributed by atoms with Crippen molar-refractivity contribution in [1.82, 2.24) is 15.1 Å². The number of amidine groups is 1. The van der Waals surface area contributed by atoms with Gasteiger partial charge in [-0.15, -0.1) is 0 Å². The maximum Gasteiger partial charge on any atom is 0.169 e. The Morgan fingerprint density at radius 1 is 1.16 bits per heavy atom. The van der Waals surface area contributed by atoms with Crippen LogP contribution in [0.4, 0.5) is 0 Å². The normalized spacial score (nSPS) is 15.9. The van der Waals surface area contributed by atoms with Gasteiger partial charge in [-0.05, 0) is 33.0 Å². The minimum Gasteiger partial charge on any atom is -0.386 e. The number of nitrogens with zero attached hydrogens (tertiary/aromatic N) is 2. The molecule has 0 unspecified atom stereocenters. The van der Waals surface area contributed by atoms with Crippen LogP contribution in [-0.2, 0) is 0 Å². The van der Waals surface area contributed by atoms with Crippen LogP contribution in [-0.4, -0.2) is 52.5 Å². The number of rotatable bonds is 1. The van der Waals surface area contributed by atoms with Gasteiger partial charge in [-0.2, -0.15) is 0 Å². The standard InChI is InChI=1S/C12H24N6S/c1-12(2,3)16-11(19)18-6-4-17(5-7-18)10(15)8-9(13)14/h8,15H,4-7,13-14H2,1-3H3,(H,16,19). The molecule has 108 valence electrons. The molecule has 1 aliphatic heterocycles. The molecule has 0 radical (unpaired) electrons. The second-order valence-corrected chi connectivity index (χ2v) is 6.07. The molecular formula is C12H24N6S. The van der Waals surface area contributed by atoms with Crippen LogP contribution in [0.2, 0.25) is 0 Å². The van der Waals surface area contributed by atoms with Gasteiger partial charge in [0.15, 0.2) is 5.11 Å². The summed E-state index contributed by atoms with van der Waals surface area (Å²) in [6.07, 6.45) is 1.47. The van der Waals surface area contributed by atoms with Crippen LogP contribution in [0.15, 0.2) is 11.9 Å². The fraction of sp³-hybridized carbons (Fsp3) is 0.667. The summed E-state index contributed by atoms with van der Waals surface area (Å²) in [5.74, 6) is 0.520. The first-order valence-electron chi connectivity index (χ1n) is 6.32. The molecule has 6 N–H and O–H groups in total.